The zero-order valence-electron chi connectivity index (χ0n) is 20.0. The van der Waals surface area contributed by atoms with Crippen molar-refractivity contribution in [1.29, 1.82) is 0 Å². The van der Waals surface area contributed by atoms with Gasteiger partial charge in [0.1, 0.15) is 17.3 Å². The predicted molar refractivity (Wildman–Crippen MR) is 136 cm³/mol. The van der Waals surface area contributed by atoms with Crippen LogP contribution in [0.5, 0.6) is 0 Å². The number of hydrogen-bond donors (Lipinski definition) is 1. The normalized spacial score (nSPS) is 15.9. The highest BCUT2D eigenvalue weighted by Gasteiger charge is 2.26. The van der Waals surface area contributed by atoms with E-state index in [1.807, 2.05) is 55.2 Å². The second-order valence-electron chi connectivity index (χ2n) is 9.46. The van der Waals surface area contributed by atoms with Crippen molar-refractivity contribution in [2.75, 3.05) is 18.0 Å². The van der Waals surface area contributed by atoms with E-state index >= 15 is 4.39 Å². The molecule has 0 amide bonds. The van der Waals surface area contributed by atoms with E-state index in [1.165, 1.54) is 6.07 Å². The number of aliphatic carboxylic acids is 1. The van der Waals surface area contributed by atoms with Crippen LogP contribution < -0.4 is 4.90 Å². The molecule has 1 aliphatic heterocycles. The molecule has 5 aromatic rings. The Morgan fingerprint density at radius 3 is 2.78 bits per heavy atom. The molecular formula is C27H25FN6O2. The van der Waals surface area contributed by atoms with Gasteiger partial charge in [0.2, 0.25) is 0 Å². The van der Waals surface area contributed by atoms with Crippen molar-refractivity contribution in [3.05, 3.63) is 66.2 Å². The first-order valence-corrected chi connectivity index (χ1v) is 11.9. The molecule has 0 radical (unpaired) electrons. The van der Waals surface area contributed by atoms with Crippen molar-refractivity contribution in [2.45, 2.75) is 19.8 Å². The summed E-state index contributed by atoms with van der Waals surface area (Å²) in [7, 11) is 1.82. The number of halogens is 1. The first-order valence-electron chi connectivity index (χ1n) is 11.9. The fourth-order valence-electron chi connectivity index (χ4n) is 5.28. The fourth-order valence-corrected chi connectivity index (χ4v) is 5.28. The molecule has 0 saturated carbocycles. The Bertz CT molecular complexity index is 1620. The number of carboxylic acid groups (broad SMARTS) is 1. The van der Waals surface area contributed by atoms with Crippen molar-refractivity contribution in [1.82, 2.24) is 24.5 Å². The van der Waals surface area contributed by atoms with E-state index in [1.54, 1.807) is 16.9 Å². The summed E-state index contributed by atoms with van der Waals surface area (Å²) in [5.41, 5.74) is 4.38. The summed E-state index contributed by atoms with van der Waals surface area (Å²) in [5, 5.41) is 20.0. The molecule has 0 spiro atoms. The van der Waals surface area contributed by atoms with Gasteiger partial charge in [-0.1, -0.05) is 18.2 Å². The lowest BCUT2D eigenvalue weighted by atomic mass is 10.0. The van der Waals surface area contributed by atoms with Gasteiger partial charge in [0.15, 0.2) is 0 Å². The first kappa shape index (κ1) is 22.2. The molecule has 1 aliphatic rings. The van der Waals surface area contributed by atoms with Crippen molar-refractivity contribution in [3.63, 3.8) is 0 Å². The van der Waals surface area contributed by atoms with Gasteiger partial charge in [0.25, 0.3) is 0 Å². The van der Waals surface area contributed by atoms with Crippen LogP contribution in [0.15, 0.2) is 54.9 Å². The molecule has 2 aromatic carbocycles. The van der Waals surface area contributed by atoms with Crippen LogP contribution in [-0.4, -0.2) is 48.7 Å². The number of benzene rings is 2. The summed E-state index contributed by atoms with van der Waals surface area (Å²) in [6, 6.07) is 12.9. The zero-order valence-corrected chi connectivity index (χ0v) is 20.0. The standard InChI is InChI=1S/C27H25FN6O2/c1-16-4-3-5-19-26(25-20-15-32(2)30-22(20)8-7-21(25)28)31-34(27(16)19)18-6-9-23(29-13-18)33-11-10-17(14-33)12-24(35)36/h3-9,13,15,17H,10-12,14H2,1-2H3,(H,35,36)/t17-/m1/s1. The Hall–Kier alpha value is -4.27. The van der Waals surface area contributed by atoms with Gasteiger partial charge in [-0.3, -0.25) is 9.48 Å². The van der Waals surface area contributed by atoms with Crippen molar-refractivity contribution < 1.29 is 14.3 Å². The SMILES string of the molecule is Cc1cccc2c(-c3c(F)ccc4nn(C)cc34)nn(-c3ccc(N4CC[C@H](CC(=O)O)C4)nc3)c12. The average molecular weight is 485 g/mol. The summed E-state index contributed by atoms with van der Waals surface area (Å²) in [6.45, 7) is 3.48. The number of anilines is 1. The van der Waals surface area contributed by atoms with Gasteiger partial charge in [-0.2, -0.15) is 10.2 Å². The topological polar surface area (TPSA) is 89.1 Å². The maximum atomic E-state index is 15.3. The third kappa shape index (κ3) is 3.67. The second-order valence-corrected chi connectivity index (χ2v) is 9.46. The second kappa shape index (κ2) is 8.44. The number of rotatable bonds is 5. The van der Waals surface area contributed by atoms with Crippen LogP contribution in [-0.2, 0) is 11.8 Å². The number of para-hydroxylation sites is 1. The molecule has 8 nitrogen and oxygen atoms in total. The predicted octanol–water partition coefficient (Wildman–Crippen LogP) is 4.72. The Labute approximate surface area is 206 Å². The monoisotopic (exact) mass is 484 g/mol. The van der Waals surface area contributed by atoms with E-state index in [0.29, 0.717) is 28.7 Å². The summed E-state index contributed by atoms with van der Waals surface area (Å²) < 4.78 is 18.8. The number of carbonyl (C=O) groups is 1. The lowest BCUT2D eigenvalue weighted by Crippen LogP contribution is -2.21. The van der Waals surface area contributed by atoms with Crippen LogP contribution in [0.2, 0.25) is 0 Å². The van der Waals surface area contributed by atoms with E-state index in [0.717, 1.165) is 40.9 Å². The van der Waals surface area contributed by atoms with E-state index < -0.39 is 5.97 Å². The maximum Gasteiger partial charge on any atom is 0.303 e. The largest absolute Gasteiger partial charge is 0.481 e. The molecule has 0 bridgehead atoms. The highest BCUT2D eigenvalue weighted by molar-refractivity contribution is 6.03. The Morgan fingerprint density at radius 2 is 2.00 bits per heavy atom. The Morgan fingerprint density at radius 1 is 1.14 bits per heavy atom. The van der Waals surface area contributed by atoms with Gasteiger partial charge in [-0.15, -0.1) is 0 Å². The Balaban J connectivity index is 1.43. The van der Waals surface area contributed by atoms with E-state index in [2.05, 4.69) is 15.0 Å². The molecule has 0 unspecified atom stereocenters. The highest BCUT2D eigenvalue weighted by atomic mass is 19.1. The van der Waals surface area contributed by atoms with Gasteiger partial charge in [0, 0.05) is 49.1 Å². The van der Waals surface area contributed by atoms with Gasteiger partial charge >= 0.3 is 5.97 Å². The van der Waals surface area contributed by atoms with Crippen LogP contribution >= 0.6 is 0 Å². The molecule has 6 rings (SSSR count). The van der Waals surface area contributed by atoms with Crippen molar-refractivity contribution in [3.8, 4) is 16.9 Å². The van der Waals surface area contributed by atoms with Gasteiger partial charge in [-0.05, 0) is 49.1 Å². The van der Waals surface area contributed by atoms with Crippen LogP contribution in [0.4, 0.5) is 10.2 Å². The minimum atomic E-state index is -0.764. The molecule has 36 heavy (non-hydrogen) atoms. The first-order chi connectivity index (χ1) is 17.4. The number of carboxylic acids is 1. The molecular weight excluding hydrogens is 459 g/mol. The molecule has 9 heteroatoms. The Kier molecular flexibility index (Phi) is 5.21. The highest BCUT2D eigenvalue weighted by Crippen LogP contribution is 2.37. The van der Waals surface area contributed by atoms with E-state index in [-0.39, 0.29) is 18.2 Å². The third-order valence-electron chi connectivity index (χ3n) is 6.94. The molecule has 182 valence electrons. The summed E-state index contributed by atoms with van der Waals surface area (Å²) in [5.74, 6) is -0.164. The maximum absolute atomic E-state index is 15.3. The molecule has 4 heterocycles. The van der Waals surface area contributed by atoms with E-state index in [9.17, 15) is 4.79 Å². The zero-order chi connectivity index (χ0) is 25.0. The number of fused-ring (bicyclic) bond motifs is 2. The number of hydrogen-bond acceptors (Lipinski definition) is 5. The summed E-state index contributed by atoms with van der Waals surface area (Å²) in [4.78, 5) is 17.9. The van der Waals surface area contributed by atoms with Gasteiger partial charge in [-0.25, -0.2) is 14.1 Å². The molecule has 1 N–H and O–H groups in total. The number of pyridine rings is 1. The molecule has 1 fully saturated rings. The minimum absolute atomic E-state index is 0.134. The van der Waals surface area contributed by atoms with Crippen LogP contribution in [0.25, 0.3) is 38.8 Å². The van der Waals surface area contributed by atoms with Gasteiger partial charge in [0.05, 0.1) is 22.9 Å². The molecule has 1 saturated heterocycles. The van der Waals surface area contributed by atoms with Crippen LogP contribution in [0.1, 0.15) is 18.4 Å². The number of aryl methyl sites for hydroxylation is 2. The third-order valence-corrected chi connectivity index (χ3v) is 6.94. The van der Waals surface area contributed by atoms with Crippen molar-refractivity contribution in [2.24, 2.45) is 13.0 Å². The fraction of sp³-hybridized carbons (Fsp3) is 0.259. The lowest BCUT2D eigenvalue weighted by molar-refractivity contribution is -0.137. The molecule has 0 aliphatic carbocycles. The minimum Gasteiger partial charge on any atom is -0.481 e. The van der Waals surface area contributed by atoms with E-state index in [4.69, 9.17) is 10.2 Å². The quantitative estimate of drug-likeness (QED) is 0.388. The molecule has 1 atom stereocenters. The van der Waals surface area contributed by atoms with Gasteiger partial charge < -0.3 is 10.0 Å². The summed E-state index contributed by atoms with van der Waals surface area (Å²) in [6.07, 6.45) is 4.60. The number of aromatic nitrogens is 5. The van der Waals surface area contributed by atoms with Crippen LogP contribution in [0.3, 0.4) is 0 Å². The van der Waals surface area contributed by atoms with Crippen molar-refractivity contribution >= 4 is 33.6 Å². The number of nitrogens with zero attached hydrogens (tertiary/aromatic N) is 6. The smallest absolute Gasteiger partial charge is 0.303 e. The average Bonchev–Trinajstić information content (AvgIpc) is 3.56. The van der Waals surface area contributed by atoms with Crippen LogP contribution in [0, 0.1) is 18.7 Å². The molecule has 3 aromatic heterocycles. The summed E-state index contributed by atoms with van der Waals surface area (Å²) >= 11 is 0. The lowest BCUT2D eigenvalue weighted by Gasteiger charge is -2.17.